The summed E-state index contributed by atoms with van der Waals surface area (Å²) >= 11 is 0. The average Bonchev–Trinajstić information content (AvgIpc) is 2.85. The fraction of sp³-hybridized carbons (Fsp3) is 0.353. The molecule has 1 atom stereocenters. The van der Waals surface area contributed by atoms with E-state index in [1.807, 2.05) is 6.07 Å². The van der Waals surface area contributed by atoms with Crippen LogP contribution in [0.2, 0.25) is 0 Å². The summed E-state index contributed by atoms with van der Waals surface area (Å²) in [5, 5.41) is 19.6. The highest BCUT2D eigenvalue weighted by Gasteiger charge is 2.30. The van der Waals surface area contributed by atoms with E-state index < -0.39 is 15.6 Å². The van der Waals surface area contributed by atoms with Crippen LogP contribution in [-0.2, 0) is 15.6 Å². The number of rotatable bonds is 5. The van der Waals surface area contributed by atoms with Crippen LogP contribution < -0.4 is 4.72 Å². The van der Waals surface area contributed by atoms with E-state index in [-0.39, 0.29) is 17.0 Å². The first-order valence-corrected chi connectivity index (χ1v) is 8.85. The van der Waals surface area contributed by atoms with Crippen LogP contribution in [0, 0.1) is 32.1 Å². The van der Waals surface area contributed by atoms with Crippen molar-refractivity contribution in [2.75, 3.05) is 6.54 Å². The van der Waals surface area contributed by atoms with Gasteiger partial charge in [-0.25, -0.2) is 13.1 Å². The Hall–Kier alpha value is -2.14. The highest BCUT2D eigenvalue weighted by Crippen LogP contribution is 2.27. The van der Waals surface area contributed by atoms with Gasteiger partial charge in [-0.05, 0) is 51.5 Å². The number of sulfonamides is 1. The van der Waals surface area contributed by atoms with Crippen LogP contribution in [0.5, 0.6) is 0 Å². The largest absolute Gasteiger partial charge is 0.466 e. The maximum absolute atomic E-state index is 12.5. The van der Waals surface area contributed by atoms with E-state index in [2.05, 4.69) is 4.72 Å². The number of nitriles is 1. The summed E-state index contributed by atoms with van der Waals surface area (Å²) in [5.74, 6) is 1.18. The predicted molar refractivity (Wildman–Crippen MR) is 88.8 cm³/mol. The molecule has 2 N–H and O–H groups in total. The first-order chi connectivity index (χ1) is 11.1. The summed E-state index contributed by atoms with van der Waals surface area (Å²) in [5.41, 5.74) is -0.105. The van der Waals surface area contributed by atoms with E-state index in [1.54, 1.807) is 39.0 Å². The predicted octanol–water partition coefficient (Wildman–Crippen LogP) is 2.26. The number of furan rings is 1. The van der Waals surface area contributed by atoms with Crippen LogP contribution >= 0.6 is 0 Å². The van der Waals surface area contributed by atoms with Crippen LogP contribution in [0.25, 0.3) is 0 Å². The van der Waals surface area contributed by atoms with Crippen molar-refractivity contribution in [2.45, 2.75) is 38.2 Å². The Kier molecular flexibility index (Phi) is 4.85. The van der Waals surface area contributed by atoms with Gasteiger partial charge in [-0.15, -0.1) is 0 Å². The van der Waals surface area contributed by atoms with Gasteiger partial charge < -0.3 is 9.52 Å². The van der Waals surface area contributed by atoms with Gasteiger partial charge in [0.15, 0.2) is 0 Å². The summed E-state index contributed by atoms with van der Waals surface area (Å²) in [4.78, 5) is 0.0254. The zero-order valence-electron chi connectivity index (χ0n) is 14.0. The topological polar surface area (TPSA) is 103 Å². The standard InChI is InChI=1S/C17H20N2O4S/c1-11-5-6-14(9-18)8-16(11)24(21,22)19-10-17(4,20)15-7-12(2)23-13(15)3/h5-8,19-20H,10H2,1-4H3. The molecule has 0 radical (unpaired) electrons. The molecule has 0 aliphatic heterocycles. The zero-order valence-corrected chi connectivity index (χ0v) is 14.9. The van der Waals surface area contributed by atoms with Crippen molar-refractivity contribution in [3.05, 3.63) is 52.5 Å². The van der Waals surface area contributed by atoms with Crippen molar-refractivity contribution in [3.8, 4) is 6.07 Å². The molecular weight excluding hydrogens is 328 g/mol. The summed E-state index contributed by atoms with van der Waals surface area (Å²) in [6, 6.07) is 8.06. The molecule has 0 saturated carbocycles. The van der Waals surface area contributed by atoms with Gasteiger partial charge in [0.1, 0.15) is 17.1 Å². The number of benzene rings is 1. The number of hydrogen-bond acceptors (Lipinski definition) is 5. The molecule has 0 bridgehead atoms. The molecule has 128 valence electrons. The third-order valence-electron chi connectivity index (χ3n) is 3.83. The number of aliphatic hydroxyl groups is 1. The maximum Gasteiger partial charge on any atom is 0.240 e. The van der Waals surface area contributed by atoms with E-state index in [0.717, 1.165) is 0 Å². The third kappa shape index (κ3) is 3.67. The first-order valence-electron chi connectivity index (χ1n) is 7.37. The van der Waals surface area contributed by atoms with E-state index in [0.29, 0.717) is 22.6 Å². The fourth-order valence-corrected chi connectivity index (χ4v) is 3.93. The smallest absolute Gasteiger partial charge is 0.240 e. The van der Waals surface area contributed by atoms with Crippen LogP contribution in [0.4, 0.5) is 0 Å². The van der Waals surface area contributed by atoms with Crippen molar-refractivity contribution >= 4 is 10.0 Å². The third-order valence-corrected chi connectivity index (χ3v) is 5.38. The van der Waals surface area contributed by atoms with E-state index in [9.17, 15) is 13.5 Å². The molecule has 2 aromatic rings. The van der Waals surface area contributed by atoms with Gasteiger partial charge in [-0.1, -0.05) is 6.07 Å². The lowest BCUT2D eigenvalue weighted by molar-refractivity contribution is 0.0612. The Balaban J connectivity index is 2.27. The van der Waals surface area contributed by atoms with Crippen molar-refractivity contribution in [1.29, 1.82) is 5.26 Å². The molecule has 24 heavy (non-hydrogen) atoms. The van der Waals surface area contributed by atoms with E-state index in [4.69, 9.17) is 9.68 Å². The second-order valence-corrected chi connectivity index (χ2v) is 7.75. The summed E-state index contributed by atoms with van der Waals surface area (Å²) < 4.78 is 32.9. The van der Waals surface area contributed by atoms with Gasteiger partial charge in [-0.3, -0.25) is 0 Å². The molecule has 0 amide bonds. The van der Waals surface area contributed by atoms with Gasteiger partial charge in [0.2, 0.25) is 10.0 Å². The molecule has 1 unspecified atom stereocenters. The van der Waals surface area contributed by atoms with Gasteiger partial charge >= 0.3 is 0 Å². The second-order valence-electron chi connectivity index (χ2n) is 6.02. The monoisotopic (exact) mass is 348 g/mol. The summed E-state index contributed by atoms with van der Waals surface area (Å²) in [6.07, 6.45) is 0. The fourth-order valence-electron chi connectivity index (χ4n) is 2.53. The molecule has 0 aliphatic carbocycles. The molecule has 1 aromatic heterocycles. The molecule has 0 saturated heterocycles. The van der Waals surface area contributed by atoms with Crippen LogP contribution in [0.1, 0.15) is 35.1 Å². The Labute approximate surface area is 141 Å². The van der Waals surface area contributed by atoms with Crippen molar-refractivity contribution in [1.82, 2.24) is 4.72 Å². The Morgan fingerprint density at radius 2 is 1.96 bits per heavy atom. The minimum Gasteiger partial charge on any atom is -0.466 e. The van der Waals surface area contributed by atoms with Crippen LogP contribution in [0.3, 0.4) is 0 Å². The average molecular weight is 348 g/mol. The molecule has 0 fully saturated rings. The van der Waals surface area contributed by atoms with Gasteiger partial charge in [0.05, 0.1) is 16.5 Å². The van der Waals surface area contributed by atoms with Gasteiger partial charge in [0, 0.05) is 12.1 Å². The lowest BCUT2D eigenvalue weighted by Crippen LogP contribution is -2.39. The Morgan fingerprint density at radius 1 is 1.29 bits per heavy atom. The minimum absolute atomic E-state index is 0.0254. The second kappa shape index (κ2) is 6.40. The molecule has 2 rings (SSSR count). The highest BCUT2D eigenvalue weighted by molar-refractivity contribution is 7.89. The van der Waals surface area contributed by atoms with E-state index >= 15 is 0 Å². The molecular formula is C17H20N2O4S. The normalized spacial score (nSPS) is 14.2. The van der Waals surface area contributed by atoms with Crippen LogP contribution in [0.15, 0.2) is 33.6 Å². The van der Waals surface area contributed by atoms with Gasteiger partial charge in [-0.2, -0.15) is 5.26 Å². The Bertz CT molecular complexity index is 905. The number of hydrogen-bond donors (Lipinski definition) is 2. The SMILES string of the molecule is Cc1cc(C(C)(O)CNS(=O)(=O)c2cc(C#N)ccc2C)c(C)o1. The zero-order chi connectivity index (χ0) is 18.1. The highest BCUT2D eigenvalue weighted by atomic mass is 32.2. The van der Waals surface area contributed by atoms with Crippen molar-refractivity contribution < 1.29 is 17.9 Å². The van der Waals surface area contributed by atoms with Crippen LogP contribution in [-0.4, -0.2) is 20.1 Å². The molecule has 0 spiro atoms. The lowest BCUT2D eigenvalue weighted by Gasteiger charge is -2.23. The van der Waals surface area contributed by atoms with Crippen molar-refractivity contribution in [2.24, 2.45) is 0 Å². The number of aryl methyl sites for hydroxylation is 3. The molecule has 1 aromatic carbocycles. The summed E-state index contributed by atoms with van der Waals surface area (Å²) in [6.45, 7) is 6.42. The lowest BCUT2D eigenvalue weighted by atomic mass is 9.97. The van der Waals surface area contributed by atoms with Gasteiger partial charge in [0.25, 0.3) is 0 Å². The van der Waals surface area contributed by atoms with Crippen molar-refractivity contribution in [3.63, 3.8) is 0 Å². The number of nitrogens with one attached hydrogen (secondary N) is 1. The molecule has 0 aliphatic rings. The molecule has 6 nitrogen and oxygen atoms in total. The Morgan fingerprint density at radius 3 is 2.50 bits per heavy atom. The molecule has 1 heterocycles. The summed E-state index contributed by atoms with van der Waals surface area (Å²) in [7, 11) is -3.86. The molecule has 7 heteroatoms. The minimum atomic E-state index is -3.86. The first kappa shape index (κ1) is 18.2. The maximum atomic E-state index is 12.5. The van der Waals surface area contributed by atoms with E-state index in [1.165, 1.54) is 13.0 Å². The number of nitrogens with zero attached hydrogens (tertiary/aromatic N) is 1. The quantitative estimate of drug-likeness (QED) is 0.862.